The molecule has 0 fully saturated rings. The number of nitrogens with zero attached hydrogens (tertiary/aromatic N) is 1. The largest absolute Gasteiger partial charge is 0.459 e. The molecule has 0 radical (unpaired) electrons. The van der Waals surface area contributed by atoms with Crippen molar-refractivity contribution in [1.82, 2.24) is 16.0 Å². The molecule has 160 valence electrons. The highest BCUT2D eigenvalue weighted by Crippen LogP contribution is 2.17. The van der Waals surface area contributed by atoms with Gasteiger partial charge in [0.1, 0.15) is 0 Å². The third-order valence-electron chi connectivity index (χ3n) is 3.85. The van der Waals surface area contributed by atoms with E-state index in [9.17, 15) is 13.2 Å². The van der Waals surface area contributed by atoms with Crippen LogP contribution >= 0.6 is 24.0 Å². The highest BCUT2D eigenvalue weighted by Gasteiger charge is 2.11. The number of carbonyl (C=O) groups is 1. The predicted octanol–water partition coefficient (Wildman–Crippen LogP) is 2.09. The second kappa shape index (κ2) is 11.8. The van der Waals surface area contributed by atoms with Gasteiger partial charge in [-0.3, -0.25) is 4.79 Å². The van der Waals surface area contributed by atoms with Gasteiger partial charge in [-0.1, -0.05) is 12.1 Å². The molecule has 1 aromatic carbocycles. The number of aryl methyl sites for hydroxylation is 1. The van der Waals surface area contributed by atoms with Crippen molar-refractivity contribution < 1.29 is 17.6 Å². The first-order valence-corrected chi connectivity index (χ1v) is 10.8. The smallest absolute Gasteiger partial charge is 0.287 e. The van der Waals surface area contributed by atoms with Crippen LogP contribution in [0.1, 0.15) is 28.6 Å². The van der Waals surface area contributed by atoms with E-state index < -0.39 is 9.84 Å². The molecule has 0 aliphatic carbocycles. The van der Waals surface area contributed by atoms with Crippen molar-refractivity contribution in [2.75, 3.05) is 25.9 Å². The summed E-state index contributed by atoms with van der Waals surface area (Å²) in [5.74, 6) is 0.614. The zero-order valence-corrected chi connectivity index (χ0v) is 19.8. The highest BCUT2D eigenvalue weighted by molar-refractivity contribution is 14.0. The fourth-order valence-corrected chi connectivity index (χ4v) is 3.55. The molecule has 2 rings (SSSR count). The number of guanidine groups is 1. The summed E-state index contributed by atoms with van der Waals surface area (Å²) >= 11 is 0. The SMILES string of the molecule is CCNC(=NCc1ccc(S(C)(=O)=O)c(C)c1)NCCNC(=O)c1ccco1.I. The number of rotatable bonds is 8. The molecule has 0 saturated heterocycles. The zero-order valence-electron chi connectivity index (χ0n) is 16.7. The minimum Gasteiger partial charge on any atom is -0.459 e. The van der Waals surface area contributed by atoms with Gasteiger partial charge in [-0.25, -0.2) is 13.4 Å². The van der Waals surface area contributed by atoms with Crippen LogP contribution in [0.3, 0.4) is 0 Å². The molecule has 0 atom stereocenters. The number of halogens is 1. The number of nitrogens with one attached hydrogen (secondary N) is 3. The number of hydrogen-bond acceptors (Lipinski definition) is 5. The van der Waals surface area contributed by atoms with Crippen molar-refractivity contribution in [3.63, 3.8) is 0 Å². The van der Waals surface area contributed by atoms with Gasteiger partial charge in [0, 0.05) is 25.9 Å². The van der Waals surface area contributed by atoms with E-state index in [2.05, 4.69) is 20.9 Å². The summed E-state index contributed by atoms with van der Waals surface area (Å²) in [7, 11) is -3.23. The van der Waals surface area contributed by atoms with Crippen LogP contribution in [-0.4, -0.2) is 46.2 Å². The van der Waals surface area contributed by atoms with Gasteiger partial charge >= 0.3 is 0 Å². The van der Waals surface area contributed by atoms with Gasteiger partial charge in [0.15, 0.2) is 21.6 Å². The molecule has 2 aromatic rings. The van der Waals surface area contributed by atoms with Gasteiger partial charge in [0.2, 0.25) is 0 Å². The monoisotopic (exact) mass is 534 g/mol. The minimum atomic E-state index is -3.23. The van der Waals surface area contributed by atoms with Crippen molar-refractivity contribution in [2.45, 2.75) is 25.3 Å². The summed E-state index contributed by atoms with van der Waals surface area (Å²) in [6.07, 6.45) is 2.65. The van der Waals surface area contributed by atoms with E-state index in [0.717, 1.165) is 5.56 Å². The molecule has 0 unspecified atom stereocenters. The van der Waals surface area contributed by atoms with E-state index in [1.807, 2.05) is 13.0 Å². The number of amides is 1. The van der Waals surface area contributed by atoms with Gasteiger partial charge < -0.3 is 20.4 Å². The molecule has 0 spiro atoms. The van der Waals surface area contributed by atoms with Crippen LogP contribution < -0.4 is 16.0 Å². The van der Waals surface area contributed by atoms with Crippen molar-refractivity contribution in [1.29, 1.82) is 0 Å². The summed E-state index contributed by atoms with van der Waals surface area (Å²) in [6, 6.07) is 8.46. The normalized spacial score (nSPS) is 11.5. The summed E-state index contributed by atoms with van der Waals surface area (Å²) in [4.78, 5) is 16.6. The third kappa shape index (κ3) is 8.05. The fourth-order valence-electron chi connectivity index (χ4n) is 2.59. The first-order valence-electron chi connectivity index (χ1n) is 8.94. The number of aliphatic imine (C=N–C) groups is 1. The first-order chi connectivity index (χ1) is 13.3. The number of hydrogen-bond donors (Lipinski definition) is 3. The van der Waals surface area contributed by atoms with E-state index in [1.165, 1.54) is 12.5 Å². The molecule has 1 amide bonds. The molecule has 0 aliphatic rings. The highest BCUT2D eigenvalue weighted by atomic mass is 127. The Morgan fingerprint density at radius 1 is 1.14 bits per heavy atom. The average molecular weight is 534 g/mol. The molecule has 0 bridgehead atoms. The molecule has 10 heteroatoms. The van der Waals surface area contributed by atoms with Gasteiger partial charge in [0.25, 0.3) is 5.91 Å². The van der Waals surface area contributed by atoms with Gasteiger partial charge in [-0.2, -0.15) is 0 Å². The van der Waals surface area contributed by atoms with Crippen molar-refractivity contribution in [2.24, 2.45) is 4.99 Å². The number of furan rings is 1. The summed E-state index contributed by atoms with van der Waals surface area (Å²) < 4.78 is 28.4. The van der Waals surface area contributed by atoms with Crippen molar-refractivity contribution in [3.8, 4) is 0 Å². The molecule has 3 N–H and O–H groups in total. The Kier molecular flexibility index (Phi) is 10.2. The molecular weight excluding hydrogens is 507 g/mol. The average Bonchev–Trinajstić information content (AvgIpc) is 3.16. The van der Waals surface area contributed by atoms with Crippen LogP contribution in [0.5, 0.6) is 0 Å². The van der Waals surface area contributed by atoms with E-state index in [1.54, 1.807) is 31.2 Å². The Morgan fingerprint density at radius 3 is 2.45 bits per heavy atom. The minimum absolute atomic E-state index is 0. The Balaban J connectivity index is 0.00000420. The Hall–Kier alpha value is -2.08. The third-order valence-corrected chi connectivity index (χ3v) is 5.11. The lowest BCUT2D eigenvalue weighted by Gasteiger charge is -2.12. The maximum absolute atomic E-state index is 11.8. The number of carbonyl (C=O) groups excluding carboxylic acids is 1. The lowest BCUT2D eigenvalue weighted by atomic mass is 10.1. The molecule has 0 aliphatic heterocycles. The van der Waals surface area contributed by atoms with Crippen LogP contribution in [0.15, 0.2) is 50.9 Å². The second-order valence-electron chi connectivity index (χ2n) is 6.23. The lowest BCUT2D eigenvalue weighted by molar-refractivity contribution is 0.0926. The Morgan fingerprint density at radius 2 is 1.86 bits per heavy atom. The van der Waals surface area contributed by atoms with Crippen LogP contribution in [0, 0.1) is 6.92 Å². The molecule has 1 heterocycles. The molecule has 0 saturated carbocycles. The summed E-state index contributed by atoms with van der Waals surface area (Å²) in [5, 5.41) is 9.02. The Bertz CT molecular complexity index is 928. The Labute approximate surface area is 188 Å². The molecular formula is C19H27IN4O4S. The molecule has 1 aromatic heterocycles. The topological polar surface area (TPSA) is 113 Å². The second-order valence-corrected chi connectivity index (χ2v) is 8.21. The van der Waals surface area contributed by atoms with Gasteiger partial charge in [-0.05, 0) is 43.2 Å². The van der Waals surface area contributed by atoms with Crippen LogP contribution in [0.25, 0.3) is 0 Å². The first kappa shape index (κ1) is 25.0. The van der Waals surface area contributed by atoms with E-state index >= 15 is 0 Å². The van der Waals surface area contributed by atoms with Crippen LogP contribution in [0.4, 0.5) is 0 Å². The van der Waals surface area contributed by atoms with Crippen LogP contribution in [0.2, 0.25) is 0 Å². The molecule has 8 nitrogen and oxygen atoms in total. The van der Waals surface area contributed by atoms with Crippen molar-refractivity contribution in [3.05, 3.63) is 53.5 Å². The predicted molar refractivity (Wildman–Crippen MR) is 124 cm³/mol. The number of benzene rings is 1. The van der Waals surface area contributed by atoms with E-state index in [0.29, 0.717) is 42.6 Å². The molecule has 29 heavy (non-hydrogen) atoms. The maximum atomic E-state index is 11.8. The van der Waals surface area contributed by atoms with Crippen LogP contribution in [-0.2, 0) is 16.4 Å². The van der Waals surface area contributed by atoms with Crippen molar-refractivity contribution >= 4 is 45.7 Å². The van der Waals surface area contributed by atoms with E-state index in [-0.39, 0.29) is 35.6 Å². The van der Waals surface area contributed by atoms with Gasteiger partial charge in [0.05, 0.1) is 17.7 Å². The quantitative estimate of drug-likeness (QED) is 0.207. The fraction of sp³-hybridized carbons (Fsp3) is 0.368. The lowest BCUT2D eigenvalue weighted by Crippen LogP contribution is -2.41. The zero-order chi connectivity index (χ0) is 20.6. The standard InChI is InChI=1S/C19H26N4O4S.HI/c1-4-20-19(22-10-9-21-18(24)16-6-5-11-27-16)23-13-15-7-8-17(14(2)12-15)28(3,25)26;/h5-8,11-12H,4,9-10,13H2,1-3H3,(H,21,24)(H2,20,22,23);1H. The summed E-state index contributed by atoms with van der Waals surface area (Å²) in [5.41, 5.74) is 1.61. The maximum Gasteiger partial charge on any atom is 0.287 e. The van der Waals surface area contributed by atoms with E-state index in [4.69, 9.17) is 4.42 Å². The van der Waals surface area contributed by atoms with Gasteiger partial charge in [-0.15, -0.1) is 24.0 Å². The summed E-state index contributed by atoms with van der Waals surface area (Å²) in [6.45, 7) is 5.72. The number of sulfone groups is 1.